The molecule has 0 radical (unpaired) electrons. The smallest absolute Gasteiger partial charge is 0.263 e. The highest BCUT2D eigenvalue weighted by atomic mass is 32.2. The van der Waals surface area contributed by atoms with Crippen molar-refractivity contribution < 1.29 is 17.9 Å². The molecule has 9 heteroatoms. The molecule has 25 heavy (non-hydrogen) atoms. The minimum absolute atomic E-state index is 0.0101. The monoisotopic (exact) mass is 381 g/mol. The van der Waals surface area contributed by atoms with Gasteiger partial charge in [0.05, 0.1) is 17.7 Å². The van der Waals surface area contributed by atoms with Crippen LogP contribution in [-0.4, -0.2) is 32.5 Å². The van der Waals surface area contributed by atoms with Gasteiger partial charge in [0.1, 0.15) is 5.75 Å². The van der Waals surface area contributed by atoms with E-state index in [9.17, 15) is 13.2 Å². The van der Waals surface area contributed by atoms with Crippen LogP contribution in [0.2, 0.25) is 0 Å². The second kappa shape index (κ2) is 7.40. The van der Waals surface area contributed by atoms with Crippen molar-refractivity contribution in [2.24, 2.45) is 0 Å². The van der Waals surface area contributed by atoms with E-state index in [1.807, 2.05) is 0 Å². The van der Waals surface area contributed by atoms with Gasteiger partial charge in [-0.15, -0.1) is 11.3 Å². The van der Waals surface area contributed by atoms with E-state index in [0.717, 1.165) is 12.8 Å². The number of hydrogen-bond acceptors (Lipinski definition) is 6. The average molecular weight is 381 g/mol. The minimum atomic E-state index is -3.70. The first-order chi connectivity index (χ1) is 12.0. The maximum atomic E-state index is 12.4. The van der Waals surface area contributed by atoms with Gasteiger partial charge in [0.2, 0.25) is 5.91 Å². The first kappa shape index (κ1) is 17.7. The molecule has 0 bridgehead atoms. The Bertz CT molecular complexity index is 843. The fraction of sp³-hybridized carbons (Fsp3) is 0.375. The number of rotatable bonds is 8. The van der Waals surface area contributed by atoms with E-state index < -0.39 is 10.0 Å². The number of aromatic nitrogens is 1. The fourth-order valence-electron chi connectivity index (χ4n) is 2.17. The average Bonchev–Trinajstić information content (AvgIpc) is 3.30. The van der Waals surface area contributed by atoms with Crippen molar-refractivity contribution in [1.82, 2.24) is 10.3 Å². The number of benzene rings is 1. The van der Waals surface area contributed by atoms with Crippen LogP contribution in [0, 0.1) is 0 Å². The van der Waals surface area contributed by atoms with Crippen LogP contribution in [0.4, 0.5) is 5.13 Å². The van der Waals surface area contributed by atoms with Crippen LogP contribution in [0.5, 0.6) is 5.75 Å². The molecule has 7 nitrogen and oxygen atoms in total. The lowest BCUT2D eigenvalue weighted by Gasteiger charge is -2.06. The number of nitrogens with one attached hydrogen (secondary N) is 2. The molecule has 1 aliphatic rings. The predicted octanol–water partition coefficient (Wildman–Crippen LogP) is 2.16. The van der Waals surface area contributed by atoms with E-state index in [1.54, 1.807) is 17.5 Å². The number of carbonyl (C=O) groups is 1. The molecule has 0 unspecified atom stereocenters. The number of sulfonamides is 1. The normalized spacial score (nSPS) is 14.1. The van der Waals surface area contributed by atoms with Crippen LogP contribution in [0.1, 0.15) is 25.0 Å². The van der Waals surface area contributed by atoms with E-state index in [2.05, 4.69) is 15.0 Å². The largest absolute Gasteiger partial charge is 0.497 e. The van der Waals surface area contributed by atoms with Crippen LogP contribution >= 0.6 is 11.3 Å². The van der Waals surface area contributed by atoms with Gasteiger partial charge in [-0.1, -0.05) is 0 Å². The third-order valence-corrected chi connectivity index (χ3v) is 5.98. The number of anilines is 1. The Hall–Kier alpha value is -2.13. The number of methoxy groups -OCH3 is 1. The van der Waals surface area contributed by atoms with E-state index >= 15 is 0 Å². The molecule has 1 aromatic heterocycles. The van der Waals surface area contributed by atoms with Gasteiger partial charge in [0.15, 0.2) is 5.13 Å². The summed E-state index contributed by atoms with van der Waals surface area (Å²) >= 11 is 1.20. The van der Waals surface area contributed by atoms with Gasteiger partial charge in [-0.2, -0.15) is 0 Å². The summed E-state index contributed by atoms with van der Waals surface area (Å²) in [7, 11) is -2.18. The molecule has 1 aliphatic carbocycles. The first-order valence-corrected chi connectivity index (χ1v) is 10.2. The second-order valence-electron chi connectivity index (χ2n) is 5.77. The maximum absolute atomic E-state index is 12.4. The Labute approximate surface area is 150 Å². The predicted molar refractivity (Wildman–Crippen MR) is 95.4 cm³/mol. The zero-order valence-electron chi connectivity index (χ0n) is 13.7. The fourth-order valence-corrected chi connectivity index (χ4v) is 4.16. The molecule has 1 aromatic carbocycles. The van der Waals surface area contributed by atoms with Gasteiger partial charge < -0.3 is 10.1 Å². The summed E-state index contributed by atoms with van der Waals surface area (Å²) in [4.78, 5) is 16.1. The number of amides is 1. The second-order valence-corrected chi connectivity index (χ2v) is 8.31. The van der Waals surface area contributed by atoms with Gasteiger partial charge in [-0.05, 0) is 43.5 Å². The Morgan fingerprint density at radius 2 is 2.04 bits per heavy atom. The van der Waals surface area contributed by atoms with Crippen LogP contribution in [0.25, 0.3) is 0 Å². The van der Waals surface area contributed by atoms with Crippen molar-refractivity contribution in [3.05, 3.63) is 35.3 Å². The maximum Gasteiger partial charge on any atom is 0.263 e. The molecule has 134 valence electrons. The minimum Gasteiger partial charge on any atom is -0.497 e. The van der Waals surface area contributed by atoms with Crippen molar-refractivity contribution in [3.63, 3.8) is 0 Å². The molecule has 0 spiro atoms. The molecule has 0 saturated heterocycles. The molecule has 0 atom stereocenters. The van der Waals surface area contributed by atoms with E-state index in [1.165, 1.54) is 30.6 Å². The van der Waals surface area contributed by atoms with Crippen molar-refractivity contribution in [1.29, 1.82) is 0 Å². The van der Waals surface area contributed by atoms with Crippen molar-refractivity contribution >= 4 is 32.4 Å². The van der Waals surface area contributed by atoms with E-state index in [4.69, 9.17) is 4.74 Å². The van der Waals surface area contributed by atoms with Gasteiger partial charge >= 0.3 is 0 Å². The number of thiazole rings is 1. The molecule has 2 aromatic rings. The molecule has 1 saturated carbocycles. The summed E-state index contributed by atoms with van der Waals surface area (Å²) in [5.74, 6) is 0.593. The Morgan fingerprint density at radius 3 is 2.68 bits per heavy atom. The third kappa shape index (κ3) is 4.93. The van der Waals surface area contributed by atoms with Crippen LogP contribution in [0.15, 0.2) is 34.5 Å². The molecule has 1 heterocycles. The van der Waals surface area contributed by atoms with Gasteiger partial charge in [0, 0.05) is 17.8 Å². The van der Waals surface area contributed by atoms with Crippen molar-refractivity contribution in [2.45, 2.75) is 36.6 Å². The highest BCUT2D eigenvalue weighted by molar-refractivity contribution is 7.93. The van der Waals surface area contributed by atoms with E-state index in [0.29, 0.717) is 30.3 Å². The number of ether oxygens (including phenoxy) is 1. The summed E-state index contributed by atoms with van der Waals surface area (Å²) in [5.41, 5.74) is 0.698. The zero-order chi connectivity index (χ0) is 17.9. The molecular weight excluding hydrogens is 362 g/mol. The van der Waals surface area contributed by atoms with Crippen molar-refractivity contribution in [3.8, 4) is 5.75 Å². The lowest BCUT2D eigenvalue weighted by atomic mass is 10.2. The number of nitrogens with zero attached hydrogens (tertiary/aromatic N) is 1. The Balaban J connectivity index is 1.58. The quantitative estimate of drug-likeness (QED) is 0.730. The standard InChI is InChI=1S/C16H19N3O4S2/c1-23-13-5-7-14(8-6-13)25(21,22)19-16-18-12(10-24-16)4-9-15(20)17-11-2-3-11/h5-8,10-11H,2-4,9H2,1H3,(H,17,20)(H,18,19). The Morgan fingerprint density at radius 1 is 1.32 bits per heavy atom. The third-order valence-electron chi connectivity index (χ3n) is 3.69. The van der Waals surface area contributed by atoms with E-state index in [-0.39, 0.29) is 15.9 Å². The molecule has 0 aliphatic heterocycles. The molecular formula is C16H19N3O4S2. The summed E-state index contributed by atoms with van der Waals surface area (Å²) in [6.07, 6.45) is 2.95. The Kier molecular flexibility index (Phi) is 5.24. The lowest BCUT2D eigenvalue weighted by Crippen LogP contribution is -2.25. The van der Waals surface area contributed by atoms with Crippen LogP contribution in [0.3, 0.4) is 0 Å². The summed E-state index contributed by atoms with van der Waals surface area (Å²) in [6, 6.07) is 6.45. The zero-order valence-corrected chi connectivity index (χ0v) is 15.3. The number of aryl methyl sites for hydroxylation is 1. The van der Waals surface area contributed by atoms with Gasteiger partial charge in [-0.3, -0.25) is 9.52 Å². The lowest BCUT2D eigenvalue weighted by molar-refractivity contribution is -0.121. The molecule has 2 N–H and O–H groups in total. The molecule has 3 rings (SSSR count). The summed E-state index contributed by atoms with van der Waals surface area (Å²) in [5, 5.41) is 4.96. The first-order valence-electron chi connectivity index (χ1n) is 7.87. The summed E-state index contributed by atoms with van der Waals surface area (Å²) < 4.78 is 32.2. The van der Waals surface area contributed by atoms with Crippen LogP contribution < -0.4 is 14.8 Å². The molecule has 1 amide bonds. The van der Waals surface area contributed by atoms with Gasteiger partial charge in [-0.25, -0.2) is 13.4 Å². The highest BCUT2D eigenvalue weighted by Crippen LogP contribution is 2.23. The van der Waals surface area contributed by atoms with Crippen molar-refractivity contribution in [2.75, 3.05) is 11.8 Å². The van der Waals surface area contributed by atoms with Gasteiger partial charge in [0.25, 0.3) is 10.0 Å². The van der Waals surface area contributed by atoms with Crippen LogP contribution in [-0.2, 0) is 21.2 Å². The summed E-state index contributed by atoms with van der Waals surface area (Å²) in [6.45, 7) is 0. The number of carbonyl (C=O) groups excluding carboxylic acids is 1. The topological polar surface area (TPSA) is 97.4 Å². The molecule has 1 fully saturated rings. The highest BCUT2D eigenvalue weighted by Gasteiger charge is 2.23. The SMILES string of the molecule is COc1ccc(S(=O)(=O)Nc2nc(CCC(=O)NC3CC3)cs2)cc1. The number of hydrogen-bond donors (Lipinski definition) is 2.